The Hall–Kier alpha value is -1.16. The van der Waals surface area contributed by atoms with Crippen LogP contribution in [0.3, 0.4) is 0 Å². The largest absolute Gasteiger partial charge is 0.408 e. The van der Waals surface area contributed by atoms with Gasteiger partial charge >= 0.3 is 0 Å². The van der Waals surface area contributed by atoms with Crippen molar-refractivity contribution in [2.75, 3.05) is 0 Å². The molecule has 0 aliphatic rings. The molecule has 0 aliphatic carbocycles. The molecule has 0 N–H and O–H groups in total. The molecule has 0 saturated carbocycles. The second kappa shape index (κ2) is 3.12. The van der Waals surface area contributed by atoms with Crippen LogP contribution in [-0.4, -0.2) is 16.7 Å². The molecule has 0 spiro atoms. The van der Waals surface area contributed by atoms with Gasteiger partial charge in [0.25, 0.3) is 6.47 Å². The van der Waals surface area contributed by atoms with Gasteiger partial charge in [0.2, 0.25) is 5.88 Å². The lowest BCUT2D eigenvalue weighted by atomic mass is 10.6. The molecule has 0 amide bonds. The molecule has 0 bridgehead atoms. The van der Waals surface area contributed by atoms with Crippen LogP contribution < -0.4 is 4.74 Å². The fraction of sp³-hybridized carbons (Fsp3) is 0. The molecule has 4 nitrogen and oxygen atoms in total. The van der Waals surface area contributed by atoms with Crippen LogP contribution in [0, 0.1) is 0 Å². The smallest absolute Gasteiger partial charge is 0.299 e. The lowest BCUT2D eigenvalue weighted by Crippen LogP contribution is -1.92. The van der Waals surface area contributed by atoms with Crippen molar-refractivity contribution in [1.82, 2.24) is 10.2 Å². The van der Waals surface area contributed by atoms with E-state index in [1.165, 1.54) is 12.1 Å². The summed E-state index contributed by atoms with van der Waals surface area (Å²) in [7, 11) is 0. The number of halogens is 1. The molecule has 1 aromatic rings. The van der Waals surface area contributed by atoms with Gasteiger partial charge in [-0.3, -0.25) is 4.79 Å². The van der Waals surface area contributed by atoms with E-state index in [1.807, 2.05) is 0 Å². The van der Waals surface area contributed by atoms with E-state index < -0.39 is 0 Å². The lowest BCUT2D eigenvalue weighted by molar-refractivity contribution is -0.121. The van der Waals surface area contributed by atoms with Crippen molar-refractivity contribution in [2.24, 2.45) is 0 Å². The van der Waals surface area contributed by atoms with Gasteiger partial charge in [-0.15, -0.1) is 10.2 Å². The Morgan fingerprint density at radius 3 is 2.80 bits per heavy atom. The minimum Gasteiger partial charge on any atom is -0.408 e. The quantitative estimate of drug-likeness (QED) is 0.594. The van der Waals surface area contributed by atoms with Gasteiger partial charge in [0.05, 0.1) is 0 Å². The second-order valence-electron chi connectivity index (χ2n) is 1.41. The first-order valence-electron chi connectivity index (χ1n) is 2.42. The normalized spacial score (nSPS) is 8.90. The maximum Gasteiger partial charge on any atom is 0.299 e. The Morgan fingerprint density at radius 1 is 1.50 bits per heavy atom. The van der Waals surface area contributed by atoms with Gasteiger partial charge in [0.1, 0.15) is 0 Å². The average Bonchev–Trinajstić information content (AvgIpc) is 1.95. The van der Waals surface area contributed by atoms with Gasteiger partial charge < -0.3 is 4.74 Å². The van der Waals surface area contributed by atoms with Crippen LogP contribution in [-0.2, 0) is 4.79 Å². The number of rotatable bonds is 2. The van der Waals surface area contributed by atoms with Gasteiger partial charge in [-0.25, -0.2) is 0 Å². The minimum absolute atomic E-state index is 0.138. The zero-order valence-electron chi connectivity index (χ0n) is 4.82. The van der Waals surface area contributed by atoms with Gasteiger partial charge in [-0.2, -0.15) is 0 Å². The number of hydrogen-bond donors (Lipinski definition) is 0. The molecule has 0 radical (unpaired) electrons. The zero-order valence-corrected chi connectivity index (χ0v) is 5.58. The van der Waals surface area contributed by atoms with Crippen molar-refractivity contribution in [3.05, 3.63) is 17.3 Å². The van der Waals surface area contributed by atoms with E-state index >= 15 is 0 Å². The van der Waals surface area contributed by atoms with Crippen molar-refractivity contribution in [1.29, 1.82) is 0 Å². The van der Waals surface area contributed by atoms with E-state index in [2.05, 4.69) is 14.9 Å². The van der Waals surface area contributed by atoms with Gasteiger partial charge in [-0.05, 0) is 6.07 Å². The first kappa shape index (κ1) is 6.95. The topological polar surface area (TPSA) is 52.1 Å². The maximum atomic E-state index is 9.74. The summed E-state index contributed by atoms with van der Waals surface area (Å²) in [6.45, 7) is 0.276. The Kier molecular flexibility index (Phi) is 2.17. The number of carbonyl (C=O) groups excluding carboxylic acids is 1. The average molecular weight is 159 g/mol. The number of ether oxygens (including phenoxy) is 1. The Morgan fingerprint density at radius 2 is 2.30 bits per heavy atom. The van der Waals surface area contributed by atoms with Crippen molar-refractivity contribution < 1.29 is 9.53 Å². The summed E-state index contributed by atoms with van der Waals surface area (Å²) in [5.41, 5.74) is 0. The van der Waals surface area contributed by atoms with Gasteiger partial charge in [0, 0.05) is 6.07 Å². The first-order chi connectivity index (χ1) is 4.83. The van der Waals surface area contributed by atoms with Crippen LogP contribution in [0.2, 0.25) is 5.15 Å². The SMILES string of the molecule is O=COc1ccc(Cl)nn1. The van der Waals surface area contributed by atoms with E-state index in [-0.39, 0.29) is 17.5 Å². The molecule has 0 aromatic carbocycles. The van der Waals surface area contributed by atoms with Gasteiger partial charge in [-0.1, -0.05) is 11.6 Å². The summed E-state index contributed by atoms with van der Waals surface area (Å²) >= 11 is 5.39. The van der Waals surface area contributed by atoms with Crippen molar-refractivity contribution in [2.45, 2.75) is 0 Å². The molecule has 0 fully saturated rings. The van der Waals surface area contributed by atoms with E-state index in [0.29, 0.717) is 0 Å². The highest BCUT2D eigenvalue weighted by molar-refractivity contribution is 6.29. The highest BCUT2D eigenvalue weighted by Gasteiger charge is 1.93. The Balaban J connectivity index is 2.78. The zero-order chi connectivity index (χ0) is 7.40. The van der Waals surface area contributed by atoms with Crippen molar-refractivity contribution in [3.8, 4) is 5.88 Å². The number of aromatic nitrogens is 2. The lowest BCUT2D eigenvalue weighted by Gasteiger charge is -1.91. The summed E-state index contributed by atoms with van der Waals surface area (Å²) in [5, 5.41) is 7.12. The highest BCUT2D eigenvalue weighted by atomic mass is 35.5. The van der Waals surface area contributed by atoms with Crippen LogP contribution in [0.1, 0.15) is 0 Å². The van der Waals surface area contributed by atoms with Crippen molar-refractivity contribution in [3.63, 3.8) is 0 Å². The number of nitrogens with zero attached hydrogens (tertiary/aromatic N) is 2. The van der Waals surface area contributed by atoms with Crippen LogP contribution in [0.25, 0.3) is 0 Å². The van der Waals surface area contributed by atoms with Crippen LogP contribution in [0.5, 0.6) is 5.88 Å². The summed E-state index contributed by atoms with van der Waals surface area (Å²) in [6.07, 6.45) is 0. The van der Waals surface area contributed by atoms with Crippen LogP contribution in [0.15, 0.2) is 12.1 Å². The molecule has 52 valence electrons. The van der Waals surface area contributed by atoms with E-state index in [4.69, 9.17) is 11.6 Å². The summed E-state index contributed by atoms with van der Waals surface area (Å²) < 4.78 is 4.35. The molecule has 0 aliphatic heterocycles. The van der Waals surface area contributed by atoms with E-state index in [0.717, 1.165) is 0 Å². The predicted octanol–water partition coefficient (Wildman–Crippen LogP) is 0.665. The molecule has 10 heavy (non-hydrogen) atoms. The molecule has 0 unspecified atom stereocenters. The molecular weight excluding hydrogens is 156 g/mol. The summed E-state index contributed by atoms with van der Waals surface area (Å²) in [4.78, 5) is 9.74. The molecule has 5 heteroatoms. The highest BCUT2D eigenvalue weighted by Crippen LogP contribution is 2.06. The molecular formula is C5H3ClN2O2. The molecule has 1 heterocycles. The molecule has 1 aromatic heterocycles. The van der Waals surface area contributed by atoms with Gasteiger partial charge in [0.15, 0.2) is 5.15 Å². The second-order valence-corrected chi connectivity index (χ2v) is 1.80. The van der Waals surface area contributed by atoms with E-state index in [1.54, 1.807) is 0 Å². The fourth-order valence-corrected chi connectivity index (χ4v) is 0.517. The number of carbonyl (C=O) groups is 1. The molecule has 1 rings (SSSR count). The Labute approximate surface area is 61.8 Å². The first-order valence-corrected chi connectivity index (χ1v) is 2.80. The fourth-order valence-electron chi connectivity index (χ4n) is 0.416. The number of hydrogen-bond acceptors (Lipinski definition) is 4. The minimum atomic E-state index is 0.138. The summed E-state index contributed by atoms with van der Waals surface area (Å²) in [5.74, 6) is 0.138. The van der Waals surface area contributed by atoms with Crippen LogP contribution in [0.4, 0.5) is 0 Å². The van der Waals surface area contributed by atoms with Crippen molar-refractivity contribution >= 4 is 18.1 Å². The third-order valence-electron chi connectivity index (χ3n) is 0.776. The molecule has 0 saturated heterocycles. The third kappa shape index (κ3) is 1.66. The maximum absolute atomic E-state index is 9.74. The molecule has 0 atom stereocenters. The van der Waals surface area contributed by atoms with E-state index in [9.17, 15) is 4.79 Å². The third-order valence-corrected chi connectivity index (χ3v) is 0.978. The Bertz CT molecular complexity index is 224. The predicted molar refractivity (Wildman–Crippen MR) is 33.7 cm³/mol. The summed E-state index contributed by atoms with van der Waals surface area (Å²) in [6, 6.07) is 2.93. The standard InChI is InChI=1S/C5H3ClN2O2/c6-4-1-2-5(8-7-4)10-3-9/h1-3H. The van der Waals surface area contributed by atoms with Crippen LogP contribution >= 0.6 is 11.6 Å². The monoisotopic (exact) mass is 158 g/mol.